The van der Waals surface area contributed by atoms with E-state index in [2.05, 4.69) is 12.1 Å². The van der Waals surface area contributed by atoms with Crippen molar-refractivity contribution in [3.05, 3.63) is 23.8 Å². The minimum Gasteiger partial charge on any atom is -0.493 e. The molecular weight excluding hydrogens is 226 g/mol. The first-order valence-corrected chi connectivity index (χ1v) is 6.85. The van der Waals surface area contributed by atoms with E-state index < -0.39 is 0 Å². The molecule has 3 heteroatoms. The second kappa shape index (κ2) is 4.47. The number of benzene rings is 1. The van der Waals surface area contributed by atoms with Gasteiger partial charge in [0.15, 0.2) is 11.5 Å². The van der Waals surface area contributed by atoms with Gasteiger partial charge in [-0.25, -0.2) is 0 Å². The minimum absolute atomic E-state index is 0.111. The van der Waals surface area contributed by atoms with Crippen molar-refractivity contribution in [1.82, 2.24) is 0 Å². The standard InChI is InChI=1S/C15H21NO2/c1-17-13-7-6-11(15(16)8-9-15)10-14(13)18-12-4-2-3-5-12/h6-7,10,12H,2-5,8-9,16H2,1H3. The maximum absolute atomic E-state index is 6.24. The zero-order chi connectivity index (χ0) is 12.6. The Balaban J connectivity index is 1.84. The van der Waals surface area contributed by atoms with Gasteiger partial charge in [-0.1, -0.05) is 6.07 Å². The Kier molecular flexibility index (Phi) is 2.94. The van der Waals surface area contributed by atoms with Gasteiger partial charge >= 0.3 is 0 Å². The molecule has 0 aromatic heterocycles. The van der Waals surface area contributed by atoms with Crippen LogP contribution in [-0.4, -0.2) is 13.2 Å². The molecule has 0 spiro atoms. The van der Waals surface area contributed by atoms with Crippen LogP contribution in [0.3, 0.4) is 0 Å². The summed E-state index contributed by atoms with van der Waals surface area (Å²) in [6.07, 6.45) is 7.34. The molecule has 0 amide bonds. The summed E-state index contributed by atoms with van der Waals surface area (Å²) in [5.74, 6) is 1.67. The first-order chi connectivity index (χ1) is 8.71. The van der Waals surface area contributed by atoms with Crippen LogP contribution < -0.4 is 15.2 Å². The molecule has 2 aliphatic rings. The molecule has 2 aliphatic carbocycles. The van der Waals surface area contributed by atoms with Crippen LogP contribution >= 0.6 is 0 Å². The van der Waals surface area contributed by atoms with Gasteiger partial charge < -0.3 is 15.2 Å². The summed E-state index contributed by atoms with van der Waals surface area (Å²) >= 11 is 0. The van der Waals surface area contributed by atoms with Crippen molar-refractivity contribution in [3.63, 3.8) is 0 Å². The molecule has 0 atom stereocenters. The van der Waals surface area contributed by atoms with Crippen molar-refractivity contribution in [3.8, 4) is 11.5 Å². The number of nitrogens with two attached hydrogens (primary N) is 1. The molecule has 2 N–H and O–H groups in total. The largest absolute Gasteiger partial charge is 0.493 e. The van der Waals surface area contributed by atoms with Gasteiger partial charge in [0.25, 0.3) is 0 Å². The van der Waals surface area contributed by atoms with E-state index in [1.807, 2.05) is 6.07 Å². The highest BCUT2D eigenvalue weighted by molar-refractivity contribution is 5.46. The topological polar surface area (TPSA) is 44.5 Å². The van der Waals surface area contributed by atoms with Gasteiger partial charge in [0.1, 0.15) is 0 Å². The summed E-state index contributed by atoms with van der Waals surface area (Å²) in [4.78, 5) is 0. The Morgan fingerprint density at radius 1 is 1.17 bits per heavy atom. The highest BCUT2D eigenvalue weighted by Gasteiger charge is 2.40. The quantitative estimate of drug-likeness (QED) is 0.889. The van der Waals surface area contributed by atoms with Gasteiger partial charge in [-0.05, 0) is 56.2 Å². The zero-order valence-electron chi connectivity index (χ0n) is 10.9. The number of methoxy groups -OCH3 is 1. The van der Waals surface area contributed by atoms with Crippen LogP contribution in [0.25, 0.3) is 0 Å². The lowest BCUT2D eigenvalue weighted by molar-refractivity contribution is 0.200. The van der Waals surface area contributed by atoms with Crippen LogP contribution in [0.1, 0.15) is 44.1 Å². The van der Waals surface area contributed by atoms with Crippen molar-refractivity contribution < 1.29 is 9.47 Å². The van der Waals surface area contributed by atoms with Gasteiger partial charge in [-0.2, -0.15) is 0 Å². The average Bonchev–Trinajstić information content (AvgIpc) is 2.92. The SMILES string of the molecule is COc1ccc(C2(N)CC2)cc1OC1CCCC1. The number of hydrogen-bond donors (Lipinski definition) is 1. The molecule has 0 radical (unpaired) electrons. The van der Waals surface area contributed by atoms with E-state index in [1.54, 1.807) is 7.11 Å². The first-order valence-electron chi connectivity index (χ1n) is 6.85. The summed E-state index contributed by atoms with van der Waals surface area (Å²) in [6, 6.07) is 6.12. The van der Waals surface area contributed by atoms with E-state index in [-0.39, 0.29) is 5.54 Å². The van der Waals surface area contributed by atoms with Crippen LogP contribution in [0.5, 0.6) is 11.5 Å². The monoisotopic (exact) mass is 247 g/mol. The molecule has 3 nitrogen and oxygen atoms in total. The fraction of sp³-hybridized carbons (Fsp3) is 0.600. The maximum atomic E-state index is 6.24. The number of ether oxygens (including phenoxy) is 2. The van der Waals surface area contributed by atoms with Crippen molar-refractivity contribution in [2.24, 2.45) is 5.73 Å². The van der Waals surface area contributed by atoms with E-state index in [0.717, 1.165) is 37.2 Å². The molecular formula is C15H21NO2. The number of hydrogen-bond acceptors (Lipinski definition) is 3. The Hall–Kier alpha value is -1.22. The third-order valence-corrected chi connectivity index (χ3v) is 4.12. The molecule has 18 heavy (non-hydrogen) atoms. The van der Waals surface area contributed by atoms with Gasteiger partial charge in [-0.3, -0.25) is 0 Å². The third-order valence-electron chi connectivity index (χ3n) is 4.12. The molecule has 0 bridgehead atoms. The molecule has 0 unspecified atom stereocenters. The van der Waals surface area contributed by atoms with Gasteiger partial charge in [-0.15, -0.1) is 0 Å². The van der Waals surface area contributed by atoms with Gasteiger partial charge in [0.2, 0.25) is 0 Å². The first kappa shape index (κ1) is 11.8. The predicted molar refractivity (Wildman–Crippen MR) is 71.0 cm³/mol. The molecule has 98 valence electrons. The molecule has 2 saturated carbocycles. The third kappa shape index (κ3) is 2.19. The van der Waals surface area contributed by atoms with Crippen LogP contribution in [-0.2, 0) is 5.54 Å². The predicted octanol–water partition coefficient (Wildman–Crippen LogP) is 2.96. The Labute approximate surface area is 108 Å². The molecule has 0 heterocycles. The summed E-state index contributed by atoms with van der Waals surface area (Å²) < 4.78 is 11.5. The van der Waals surface area contributed by atoms with E-state index in [0.29, 0.717) is 6.10 Å². The van der Waals surface area contributed by atoms with E-state index in [9.17, 15) is 0 Å². The smallest absolute Gasteiger partial charge is 0.161 e. The lowest BCUT2D eigenvalue weighted by atomic mass is 10.1. The van der Waals surface area contributed by atoms with Crippen molar-refractivity contribution in [2.75, 3.05) is 7.11 Å². The molecule has 1 aromatic rings. The lowest BCUT2D eigenvalue weighted by Gasteiger charge is -2.18. The normalized spacial score (nSPS) is 21.9. The lowest BCUT2D eigenvalue weighted by Crippen LogP contribution is -2.19. The van der Waals surface area contributed by atoms with E-state index in [4.69, 9.17) is 15.2 Å². The second-order valence-electron chi connectivity index (χ2n) is 5.55. The van der Waals surface area contributed by atoms with Crippen molar-refractivity contribution >= 4 is 0 Å². The Bertz CT molecular complexity index is 434. The van der Waals surface area contributed by atoms with Crippen LogP contribution in [0, 0.1) is 0 Å². The van der Waals surface area contributed by atoms with Crippen LogP contribution in [0.15, 0.2) is 18.2 Å². The molecule has 0 saturated heterocycles. The molecule has 3 rings (SSSR count). The van der Waals surface area contributed by atoms with E-state index in [1.165, 1.54) is 18.4 Å². The van der Waals surface area contributed by atoms with Gasteiger partial charge in [0, 0.05) is 5.54 Å². The summed E-state index contributed by atoms with van der Waals surface area (Å²) in [5, 5.41) is 0. The maximum Gasteiger partial charge on any atom is 0.161 e. The highest BCUT2D eigenvalue weighted by atomic mass is 16.5. The average molecular weight is 247 g/mol. The van der Waals surface area contributed by atoms with E-state index >= 15 is 0 Å². The Morgan fingerprint density at radius 2 is 1.89 bits per heavy atom. The van der Waals surface area contributed by atoms with Gasteiger partial charge in [0.05, 0.1) is 13.2 Å². The molecule has 2 fully saturated rings. The summed E-state index contributed by atoms with van der Waals surface area (Å²) in [6.45, 7) is 0. The second-order valence-corrected chi connectivity index (χ2v) is 5.55. The van der Waals surface area contributed by atoms with Crippen LogP contribution in [0.4, 0.5) is 0 Å². The fourth-order valence-corrected chi connectivity index (χ4v) is 2.69. The number of rotatable bonds is 4. The minimum atomic E-state index is -0.111. The molecule has 1 aromatic carbocycles. The summed E-state index contributed by atoms with van der Waals surface area (Å²) in [5.41, 5.74) is 7.31. The highest BCUT2D eigenvalue weighted by Crippen LogP contribution is 2.45. The fourth-order valence-electron chi connectivity index (χ4n) is 2.69. The van der Waals surface area contributed by atoms with Crippen molar-refractivity contribution in [1.29, 1.82) is 0 Å². The van der Waals surface area contributed by atoms with Crippen LogP contribution in [0.2, 0.25) is 0 Å². The van der Waals surface area contributed by atoms with Crippen molar-refractivity contribution in [2.45, 2.75) is 50.2 Å². The Morgan fingerprint density at radius 3 is 2.50 bits per heavy atom. The summed E-state index contributed by atoms with van der Waals surface area (Å²) in [7, 11) is 1.69. The molecule has 0 aliphatic heterocycles. The zero-order valence-corrected chi connectivity index (χ0v) is 10.9.